The summed E-state index contributed by atoms with van der Waals surface area (Å²) in [5.74, 6) is 0.157. The van der Waals surface area contributed by atoms with Gasteiger partial charge in [0, 0.05) is 19.3 Å². The lowest BCUT2D eigenvalue weighted by Crippen LogP contribution is -2.51. The molecule has 4 N–H and O–H groups in total. The van der Waals surface area contributed by atoms with Gasteiger partial charge in [0.25, 0.3) is 5.91 Å². The highest BCUT2D eigenvalue weighted by Crippen LogP contribution is 2.17. The average Bonchev–Trinajstić information content (AvgIpc) is 2.10. The molecule has 2 rings (SSSR count). The second-order valence-electron chi connectivity index (χ2n) is 3.72. The summed E-state index contributed by atoms with van der Waals surface area (Å²) in [5.41, 5.74) is 6.66. The van der Waals surface area contributed by atoms with Crippen molar-refractivity contribution in [1.29, 1.82) is 0 Å². The van der Waals surface area contributed by atoms with E-state index in [4.69, 9.17) is 5.73 Å². The van der Waals surface area contributed by atoms with E-state index < -0.39 is 5.91 Å². The van der Waals surface area contributed by atoms with Crippen molar-refractivity contribution < 1.29 is 4.79 Å². The number of nitrogens with two attached hydrogens (primary N) is 1. The number of nitrogens with one attached hydrogen (secondary N) is 2. The summed E-state index contributed by atoms with van der Waals surface area (Å²) < 4.78 is 0. The highest BCUT2D eigenvalue weighted by molar-refractivity contribution is 5.99. The number of amides is 1. The van der Waals surface area contributed by atoms with Crippen LogP contribution in [0.25, 0.3) is 0 Å². The van der Waals surface area contributed by atoms with E-state index in [0.29, 0.717) is 17.4 Å². The monoisotopic (exact) mass is 206 g/mol. The molecule has 1 fully saturated rings. The molecule has 2 heterocycles. The van der Waals surface area contributed by atoms with Gasteiger partial charge in [0.05, 0.1) is 11.6 Å². The lowest BCUT2D eigenvalue weighted by molar-refractivity contribution is 0.1000. The molecule has 80 valence electrons. The number of carbonyl (C=O) groups excluding carboxylic acids is 1. The first-order valence-electron chi connectivity index (χ1n) is 4.91. The Kier molecular flexibility index (Phi) is 2.55. The summed E-state index contributed by atoms with van der Waals surface area (Å²) >= 11 is 0. The van der Waals surface area contributed by atoms with Gasteiger partial charge < -0.3 is 16.4 Å². The summed E-state index contributed by atoms with van der Waals surface area (Å²) in [7, 11) is 0. The molecule has 0 radical (unpaired) electrons. The Hall–Kier alpha value is -1.62. The van der Waals surface area contributed by atoms with E-state index in [2.05, 4.69) is 15.6 Å². The lowest BCUT2D eigenvalue weighted by atomic mass is 10.1. The van der Waals surface area contributed by atoms with Crippen LogP contribution in [0.5, 0.6) is 0 Å². The Balaban J connectivity index is 2.27. The van der Waals surface area contributed by atoms with Crippen LogP contribution in [0.15, 0.2) is 12.3 Å². The van der Waals surface area contributed by atoms with Crippen LogP contribution >= 0.6 is 0 Å². The molecule has 0 saturated carbocycles. The van der Waals surface area contributed by atoms with Crippen LogP contribution < -0.4 is 16.4 Å². The van der Waals surface area contributed by atoms with Crippen molar-refractivity contribution in [2.24, 2.45) is 5.73 Å². The van der Waals surface area contributed by atoms with Crippen molar-refractivity contribution in [2.45, 2.75) is 13.0 Å². The fourth-order valence-electron chi connectivity index (χ4n) is 1.56. The van der Waals surface area contributed by atoms with Gasteiger partial charge in [-0.1, -0.05) is 0 Å². The fourth-order valence-corrected chi connectivity index (χ4v) is 1.56. The van der Waals surface area contributed by atoms with Crippen LogP contribution in [0.1, 0.15) is 15.9 Å². The zero-order valence-electron chi connectivity index (χ0n) is 8.58. The second-order valence-corrected chi connectivity index (χ2v) is 3.72. The zero-order chi connectivity index (χ0) is 10.8. The first-order valence-corrected chi connectivity index (χ1v) is 4.91. The van der Waals surface area contributed by atoms with E-state index in [9.17, 15) is 4.79 Å². The Labute approximate surface area is 88.1 Å². The predicted molar refractivity (Wildman–Crippen MR) is 57.8 cm³/mol. The topological polar surface area (TPSA) is 80.0 Å². The Morgan fingerprint density at radius 1 is 1.67 bits per heavy atom. The number of aryl methyl sites for hydroxylation is 1. The summed E-state index contributed by atoms with van der Waals surface area (Å²) in [6, 6.07) is 2.13. The molecule has 0 atom stereocenters. The molecule has 1 amide bonds. The number of anilines is 1. The molecule has 0 spiro atoms. The summed E-state index contributed by atoms with van der Waals surface area (Å²) in [5, 5.41) is 6.33. The van der Waals surface area contributed by atoms with Crippen LogP contribution in [0.2, 0.25) is 0 Å². The molecule has 1 saturated heterocycles. The highest BCUT2D eigenvalue weighted by atomic mass is 16.1. The summed E-state index contributed by atoms with van der Waals surface area (Å²) in [4.78, 5) is 15.4. The summed E-state index contributed by atoms with van der Waals surface area (Å²) in [6.45, 7) is 3.65. The Morgan fingerprint density at radius 3 is 2.93 bits per heavy atom. The maximum atomic E-state index is 11.3. The van der Waals surface area contributed by atoms with Gasteiger partial charge >= 0.3 is 0 Å². The first kappa shape index (κ1) is 9.92. The van der Waals surface area contributed by atoms with Crippen LogP contribution in [-0.2, 0) is 0 Å². The average molecular weight is 206 g/mol. The van der Waals surface area contributed by atoms with Crippen molar-refractivity contribution in [2.75, 3.05) is 18.4 Å². The van der Waals surface area contributed by atoms with Crippen molar-refractivity contribution in [3.05, 3.63) is 23.4 Å². The minimum atomic E-state index is -0.435. The molecule has 5 heteroatoms. The number of hydrogen-bond acceptors (Lipinski definition) is 4. The molecule has 0 aromatic carbocycles. The first-order chi connectivity index (χ1) is 7.18. The molecule has 5 nitrogen and oxygen atoms in total. The number of rotatable bonds is 3. The van der Waals surface area contributed by atoms with E-state index in [1.807, 2.05) is 6.92 Å². The van der Waals surface area contributed by atoms with E-state index >= 15 is 0 Å². The van der Waals surface area contributed by atoms with Gasteiger partial charge in [-0.25, -0.2) is 4.98 Å². The van der Waals surface area contributed by atoms with Gasteiger partial charge in [-0.3, -0.25) is 4.79 Å². The van der Waals surface area contributed by atoms with Gasteiger partial charge in [-0.2, -0.15) is 0 Å². The third-order valence-electron chi connectivity index (χ3n) is 2.53. The van der Waals surface area contributed by atoms with E-state index in [0.717, 1.165) is 18.7 Å². The standard InChI is InChI=1S/C10H14N4O/c1-6-2-3-13-10(8(6)9(11)15)14-7-4-12-5-7/h2-3,7,12H,4-5H2,1H3,(H2,11,15)(H,13,14). The highest BCUT2D eigenvalue weighted by Gasteiger charge is 2.20. The third-order valence-corrected chi connectivity index (χ3v) is 2.53. The molecule has 1 aromatic heterocycles. The van der Waals surface area contributed by atoms with E-state index in [1.165, 1.54) is 0 Å². The smallest absolute Gasteiger partial charge is 0.252 e. The predicted octanol–water partition coefficient (Wildman–Crippen LogP) is -0.127. The summed E-state index contributed by atoms with van der Waals surface area (Å²) in [6.07, 6.45) is 1.68. The SMILES string of the molecule is Cc1ccnc(NC2CNC2)c1C(N)=O. The van der Waals surface area contributed by atoms with Gasteiger partial charge in [0.1, 0.15) is 5.82 Å². The zero-order valence-corrected chi connectivity index (χ0v) is 8.58. The van der Waals surface area contributed by atoms with Gasteiger partial charge in [0.2, 0.25) is 0 Å². The number of nitrogens with zero attached hydrogens (tertiary/aromatic N) is 1. The number of pyridine rings is 1. The molecule has 1 aliphatic rings. The molecule has 15 heavy (non-hydrogen) atoms. The van der Waals surface area contributed by atoms with Crippen LogP contribution in [0, 0.1) is 6.92 Å². The van der Waals surface area contributed by atoms with Crippen molar-refractivity contribution in [1.82, 2.24) is 10.3 Å². The quantitative estimate of drug-likeness (QED) is 0.643. The van der Waals surface area contributed by atoms with Crippen molar-refractivity contribution in [3.63, 3.8) is 0 Å². The van der Waals surface area contributed by atoms with Gasteiger partial charge in [0.15, 0.2) is 0 Å². The number of carbonyl (C=O) groups is 1. The molecule has 0 unspecified atom stereocenters. The fraction of sp³-hybridized carbons (Fsp3) is 0.400. The number of primary amides is 1. The number of aromatic nitrogens is 1. The van der Waals surface area contributed by atoms with Crippen molar-refractivity contribution >= 4 is 11.7 Å². The minimum absolute atomic E-state index is 0.345. The van der Waals surface area contributed by atoms with Crippen LogP contribution in [0.3, 0.4) is 0 Å². The van der Waals surface area contributed by atoms with Crippen LogP contribution in [0.4, 0.5) is 5.82 Å². The second kappa shape index (κ2) is 3.86. The van der Waals surface area contributed by atoms with E-state index in [1.54, 1.807) is 12.3 Å². The molecular formula is C10H14N4O. The van der Waals surface area contributed by atoms with Crippen molar-refractivity contribution in [3.8, 4) is 0 Å². The van der Waals surface area contributed by atoms with E-state index in [-0.39, 0.29) is 0 Å². The Bertz CT molecular complexity index is 387. The minimum Gasteiger partial charge on any atom is -0.365 e. The van der Waals surface area contributed by atoms with Crippen LogP contribution in [-0.4, -0.2) is 30.0 Å². The normalized spacial score (nSPS) is 15.8. The molecular weight excluding hydrogens is 192 g/mol. The van der Waals surface area contributed by atoms with Gasteiger partial charge in [-0.15, -0.1) is 0 Å². The Morgan fingerprint density at radius 2 is 2.40 bits per heavy atom. The largest absolute Gasteiger partial charge is 0.365 e. The molecule has 1 aromatic rings. The molecule has 1 aliphatic heterocycles. The molecule has 0 bridgehead atoms. The van der Waals surface area contributed by atoms with Gasteiger partial charge in [-0.05, 0) is 18.6 Å². The maximum Gasteiger partial charge on any atom is 0.252 e. The third kappa shape index (κ3) is 1.92. The maximum absolute atomic E-state index is 11.3. The lowest BCUT2D eigenvalue weighted by Gasteiger charge is -2.29. The molecule has 0 aliphatic carbocycles. The number of hydrogen-bond donors (Lipinski definition) is 3.